The van der Waals surface area contributed by atoms with E-state index in [9.17, 15) is 0 Å². The molecule has 0 radical (unpaired) electrons. The second kappa shape index (κ2) is 6.81. The fourth-order valence-electron chi connectivity index (χ4n) is 1.93. The molecule has 4 nitrogen and oxygen atoms in total. The van der Waals surface area contributed by atoms with E-state index in [2.05, 4.69) is 37.6 Å². The molecule has 0 unspecified atom stereocenters. The third-order valence-corrected chi connectivity index (χ3v) is 2.91. The van der Waals surface area contributed by atoms with Crippen LogP contribution in [0.3, 0.4) is 0 Å². The fraction of sp³-hybridized carbons (Fsp3) is 0.615. The molecule has 5 heteroatoms. The van der Waals surface area contributed by atoms with E-state index in [0.717, 1.165) is 6.54 Å². The Hall–Kier alpha value is -1.00. The molecule has 1 aromatic heterocycles. The number of rotatable bonds is 6. The molecule has 1 heterocycles. The molecule has 2 N–H and O–H groups in total. The lowest BCUT2D eigenvalue weighted by molar-refractivity contribution is 0.140. The molecule has 1 rings (SSSR count). The van der Waals surface area contributed by atoms with Gasteiger partial charge in [-0.3, -0.25) is 4.90 Å². The lowest BCUT2D eigenvalue weighted by atomic mass is 10.2. The number of ether oxygens (including phenoxy) is 1. The minimum absolute atomic E-state index is 0.356. The normalized spacial score (nSPS) is 11.6. The van der Waals surface area contributed by atoms with Crippen molar-refractivity contribution in [3.63, 3.8) is 0 Å². The molecule has 0 aliphatic carbocycles. The zero-order valence-corrected chi connectivity index (χ0v) is 12.2. The van der Waals surface area contributed by atoms with Crippen LogP contribution in [0, 0.1) is 0 Å². The van der Waals surface area contributed by atoms with Gasteiger partial charge in [0.15, 0.2) is 0 Å². The second-order valence-corrected chi connectivity index (χ2v) is 5.22. The third kappa shape index (κ3) is 4.70. The van der Waals surface area contributed by atoms with Crippen molar-refractivity contribution in [2.45, 2.75) is 39.8 Å². The number of pyridine rings is 1. The number of aromatic nitrogens is 1. The predicted octanol–water partition coefficient (Wildman–Crippen LogP) is 2.81. The fourth-order valence-corrected chi connectivity index (χ4v) is 2.14. The van der Waals surface area contributed by atoms with Gasteiger partial charge in [-0.25, -0.2) is 4.98 Å². The molecule has 102 valence electrons. The Labute approximate surface area is 114 Å². The van der Waals surface area contributed by atoms with Crippen molar-refractivity contribution in [1.29, 1.82) is 0 Å². The average Bonchev–Trinajstić information content (AvgIpc) is 2.21. The number of anilines is 1. The SMILES string of the molecule is CC(C)N(CCOc1cc(N)cc(Cl)n1)C(C)C. The summed E-state index contributed by atoms with van der Waals surface area (Å²) < 4.78 is 5.58. The van der Waals surface area contributed by atoms with Crippen molar-refractivity contribution in [3.05, 3.63) is 17.3 Å². The van der Waals surface area contributed by atoms with Gasteiger partial charge in [-0.2, -0.15) is 0 Å². The highest BCUT2D eigenvalue weighted by atomic mass is 35.5. The molecule has 0 aromatic carbocycles. The number of hydrogen-bond acceptors (Lipinski definition) is 4. The van der Waals surface area contributed by atoms with E-state index in [1.54, 1.807) is 12.1 Å². The predicted molar refractivity (Wildman–Crippen MR) is 76.1 cm³/mol. The number of nitrogen functional groups attached to an aromatic ring is 1. The van der Waals surface area contributed by atoms with Crippen molar-refractivity contribution in [3.8, 4) is 5.88 Å². The summed E-state index contributed by atoms with van der Waals surface area (Å²) in [7, 11) is 0. The van der Waals surface area contributed by atoms with Crippen molar-refractivity contribution >= 4 is 17.3 Å². The molecule has 0 amide bonds. The zero-order chi connectivity index (χ0) is 13.7. The van der Waals surface area contributed by atoms with Crippen LogP contribution in [-0.4, -0.2) is 35.1 Å². The minimum Gasteiger partial charge on any atom is -0.476 e. The van der Waals surface area contributed by atoms with Crippen molar-refractivity contribution in [2.75, 3.05) is 18.9 Å². The van der Waals surface area contributed by atoms with Gasteiger partial charge >= 0.3 is 0 Å². The van der Waals surface area contributed by atoms with Gasteiger partial charge in [0.05, 0.1) is 0 Å². The second-order valence-electron chi connectivity index (χ2n) is 4.84. The van der Waals surface area contributed by atoms with E-state index >= 15 is 0 Å². The smallest absolute Gasteiger partial charge is 0.216 e. The Morgan fingerprint density at radius 3 is 2.39 bits per heavy atom. The largest absolute Gasteiger partial charge is 0.476 e. The maximum Gasteiger partial charge on any atom is 0.216 e. The van der Waals surface area contributed by atoms with Gasteiger partial charge in [0.2, 0.25) is 5.88 Å². The quantitative estimate of drug-likeness (QED) is 0.809. The number of hydrogen-bond donors (Lipinski definition) is 1. The first-order valence-corrected chi connectivity index (χ1v) is 6.59. The number of halogens is 1. The van der Waals surface area contributed by atoms with Gasteiger partial charge in [-0.1, -0.05) is 11.6 Å². The Morgan fingerprint density at radius 1 is 1.28 bits per heavy atom. The van der Waals surface area contributed by atoms with Gasteiger partial charge in [0.25, 0.3) is 0 Å². The van der Waals surface area contributed by atoms with E-state index in [1.807, 2.05) is 0 Å². The van der Waals surface area contributed by atoms with Crippen LogP contribution in [0.2, 0.25) is 5.15 Å². The lowest BCUT2D eigenvalue weighted by Crippen LogP contribution is -2.39. The Kier molecular flexibility index (Phi) is 5.69. The maximum atomic E-state index is 5.81. The molecular formula is C13H22ClN3O. The van der Waals surface area contributed by atoms with E-state index in [-0.39, 0.29) is 0 Å². The molecule has 18 heavy (non-hydrogen) atoms. The summed E-state index contributed by atoms with van der Waals surface area (Å²) in [6.07, 6.45) is 0. The number of nitrogens with zero attached hydrogens (tertiary/aromatic N) is 2. The summed E-state index contributed by atoms with van der Waals surface area (Å²) >= 11 is 5.81. The van der Waals surface area contributed by atoms with Gasteiger partial charge < -0.3 is 10.5 Å². The third-order valence-electron chi connectivity index (χ3n) is 2.72. The first kappa shape index (κ1) is 15.1. The lowest BCUT2D eigenvalue weighted by Gasteiger charge is -2.30. The van der Waals surface area contributed by atoms with Crippen molar-refractivity contribution in [2.24, 2.45) is 0 Å². The monoisotopic (exact) mass is 271 g/mol. The van der Waals surface area contributed by atoms with Crippen LogP contribution >= 0.6 is 11.6 Å². The summed E-state index contributed by atoms with van der Waals surface area (Å²) in [5.74, 6) is 0.479. The summed E-state index contributed by atoms with van der Waals surface area (Å²) in [4.78, 5) is 6.42. The van der Waals surface area contributed by atoms with Crippen molar-refractivity contribution < 1.29 is 4.74 Å². The minimum atomic E-state index is 0.356. The Morgan fingerprint density at radius 2 is 1.89 bits per heavy atom. The summed E-state index contributed by atoms with van der Waals surface area (Å²) in [6, 6.07) is 4.26. The first-order chi connectivity index (χ1) is 8.40. The standard InChI is InChI=1S/C13H22ClN3O/c1-9(2)17(10(3)4)5-6-18-13-8-11(15)7-12(14)16-13/h7-10H,5-6H2,1-4H3,(H2,15,16). The topological polar surface area (TPSA) is 51.4 Å². The van der Waals surface area contributed by atoms with Gasteiger partial charge in [0, 0.05) is 30.4 Å². The molecule has 0 atom stereocenters. The first-order valence-electron chi connectivity index (χ1n) is 6.21. The van der Waals surface area contributed by atoms with Gasteiger partial charge in [0.1, 0.15) is 11.8 Å². The number of nitrogens with two attached hydrogens (primary N) is 1. The molecular weight excluding hydrogens is 250 g/mol. The molecule has 0 spiro atoms. The Balaban J connectivity index is 2.50. The molecule has 0 fully saturated rings. The maximum absolute atomic E-state index is 5.81. The van der Waals surface area contributed by atoms with E-state index in [1.165, 1.54) is 0 Å². The highest BCUT2D eigenvalue weighted by molar-refractivity contribution is 6.29. The van der Waals surface area contributed by atoms with Gasteiger partial charge in [-0.05, 0) is 33.8 Å². The highest BCUT2D eigenvalue weighted by Crippen LogP contribution is 2.17. The summed E-state index contributed by atoms with van der Waals surface area (Å²) in [5, 5.41) is 0.356. The average molecular weight is 272 g/mol. The summed E-state index contributed by atoms with van der Waals surface area (Å²) in [6.45, 7) is 10.1. The van der Waals surface area contributed by atoms with E-state index in [0.29, 0.717) is 35.4 Å². The molecule has 0 aliphatic heterocycles. The van der Waals surface area contributed by atoms with Gasteiger partial charge in [-0.15, -0.1) is 0 Å². The molecule has 1 aromatic rings. The zero-order valence-electron chi connectivity index (χ0n) is 11.5. The van der Waals surface area contributed by atoms with Crippen LogP contribution in [0.4, 0.5) is 5.69 Å². The molecule has 0 saturated heterocycles. The van der Waals surface area contributed by atoms with Crippen LogP contribution in [-0.2, 0) is 0 Å². The van der Waals surface area contributed by atoms with E-state index < -0.39 is 0 Å². The van der Waals surface area contributed by atoms with Crippen LogP contribution in [0.25, 0.3) is 0 Å². The molecule has 0 aliphatic rings. The van der Waals surface area contributed by atoms with Crippen LogP contribution in [0.1, 0.15) is 27.7 Å². The Bertz CT molecular complexity index is 354. The highest BCUT2D eigenvalue weighted by Gasteiger charge is 2.13. The molecule has 0 bridgehead atoms. The van der Waals surface area contributed by atoms with Crippen LogP contribution in [0.15, 0.2) is 12.1 Å². The van der Waals surface area contributed by atoms with Crippen molar-refractivity contribution in [1.82, 2.24) is 9.88 Å². The van der Waals surface area contributed by atoms with Crippen LogP contribution in [0.5, 0.6) is 5.88 Å². The van der Waals surface area contributed by atoms with Crippen LogP contribution < -0.4 is 10.5 Å². The van der Waals surface area contributed by atoms with E-state index in [4.69, 9.17) is 22.1 Å². The summed E-state index contributed by atoms with van der Waals surface area (Å²) in [5.41, 5.74) is 6.24. The molecule has 0 saturated carbocycles.